The maximum Gasteiger partial charge on any atom is 0.312 e. The second-order valence-corrected chi connectivity index (χ2v) is 8.78. The molecule has 0 aliphatic carbocycles. The first-order chi connectivity index (χ1) is 14.4. The smallest absolute Gasteiger partial charge is 0.312 e. The number of aromatic nitrogens is 2. The number of sulfonamides is 1. The van der Waals surface area contributed by atoms with Crippen molar-refractivity contribution in [2.24, 2.45) is 0 Å². The first-order valence-electron chi connectivity index (χ1n) is 9.28. The SMILES string of the molecule is Cc1cccn2cc(COc3ccc(S(=O)(=O)N4CCOCC4)cc3[N+](=O)[O-])nc12. The van der Waals surface area contributed by atoms with Gasteiger partial charge in [0.25, 0.3) is 0 Å². The van der Waals surface area contributed by atoms with Crippen molar-refractivity contribution >= 4 is 21.4 Å². The lowest BCUT2D eigenvalue weighted by molar-refractivity contribution is -0.386. The summed E-state index contributed by atoms with van der Waals surface area (Å²) in [6, 6.07) is 7.50. The highest BCUT2D eigenvalue weighted by Gasteiger charge is 2.29. The van der Waals surface area contributed by atoms with E-state index in [1.807, 2.05) is 29.7 Å². The van der Waals surface area contributed by atoms with Crippen LogP contribution in [-0.4, -0.2) is 53.3 Å². The number of nitro groups is 1. The molecule has 30 heavy (non-hydrogen) atoms. The summed E-state index contributed by atoms with van der Waals surface area (Å²) in [5.74, 6) is -0.0188. The molecule has 158 valence electrons. The second kappa shape index (κ2) is 8.01. The molecule has 3 heterocycles. The summed E-state index contributed by atoms with van der Waals surface area (Å²) >= 11 is 0. The number of hydrogen-bond donors (Lipinski definition) is 0. The molecule has 1 aliphatic heterocycles. The highest BCUT2D eigenvalue weighted by molar-refractivity contribution is 7.89. The van der Waals surface area contributed by atoms with Crippen LogP contribution in [0.3, 0.4) is 0 Å². The van der Waals surface area contributed by atoms with E-state index in [4.69, 9.17) is 9.47 Å². The molecule has 0 bridgehead atoms. The molecule has 1 aromatic carbocycles. The van der Waals surface area contributed by atoms with Gasteiger partial charge in [0.05, 0.1) is 28.7 Å². The maximum absolute atomic E-state index is 12.8. The predicted octanol–water partition coefficient (Wildman–Crippen LogP) is 2.15. The van der Waals surface area contributed by atoms with Gasteiger partial charge in [-0.2, -0.15) is 4.31 Å². The molecule has 11 heteroatoms. The minimum Gasteiger partial charge on any atom is -0.480 e. The zero-order valence-corrected chi connectivity index (χ0v) is 17.0. The van der Waals surface area contributed by atoms with Gasteiger partial charge in [0.15, 0.2) is 5.75 Å². The Kier molecular flexibility index (Phi) is 5.41. The molecule has 0 radical (unpaired) electrons. The van der Waals surface area contributed by atoms with Crippen molar-refractivity contribution < 1.29 is 22.8 Å². The van der Waals surface area contributed by atoms with Gasteiger partial charge in [0.1, 0.15) is 12.3 Å². The van der Waals surface area contributed by atoms with E-state index < -0.39 is 20.6 Å². The molecule has 1 fully saturated rings. The summed E-state index contributed by atoms with van der Waals surface area (Å²) in [6.45, 7) is 2.95. The number of pyridine rings is 1. The molecule has 0 atom stereocenters. The number of imidazole rings is 1. The minimum absolute atomic E-state index is 0.0114. The van der Waals surface area contributed by atoms with Crippen LogP contribution in [0.5, 0.6) is 5.75 Å². The lowest BCUT2D eigenvalue weighted by Gasteiger charge is -2.26. The van der Waals surface area contributed by atoms with Gasteiger partial charge < -0.3 is 13.9 Å². The molecule has 1 aliphatic rings. The molecule has 10 nitrogen and oxygen atoms in total. The van der Waals surface area contributed by atoms with Gasteiger partial charge in [-0.1, -0.05) is 6.07 Å². The Morgan fingerprint density at radius 3 is 2.73 bits per heavy atom. The van der Waals surface area contributed by atoms with Crippen LogP contribution in [0.1, 0.15) is 11.3 Å². The summed E-state index contributed by atoms with van der Waals surface area (Å²) in [5.41, 5.74) is 1.96. The standard InChI is InChI=1S/C19H20N4O6S/c1-14-3-2-6-21-12-15(20-19(14)21)13-29-18-5-4-16(11-17(18)23(24)25)30(26,27)22-7-9-28-10-8-22/h2-6,11-12H,7-10,13H2,1H3. The van der Waals surface area contributed by atoms with Crippen molar-refractivity contribution in [1.29, 1.82) is 0 Å². The Morgan fingerprint density at radius 1 is 1.27 bits per heavy atom. The van der Waals surface area contributed by atoms with Gasteiger partial charge in [-0.25, -0.2) is 13.4 Å². The average Bonchev–Trinajstić information content (AvgIpc) is 3.17. The maximum atomic E-state index is 12.8. The van der Waals surface area contributed by atoms with Crippen LogP contribution < -0.4 is 4.74 Å². The van der Waals surface area contributed by atoms with Crippen LogP contribution in [0.15, 0.2) is 47.6 Å². The van der Waals surface area contributed by atoms with Crippen LogP contribution in [0.4, 0.5) is 5.69 Å². The van der Waals surface area contributed by atoms with Gasteiger partial charge in [-0.05, 0) is 30.7 Å². The third-order valence-electron chi connectivity index (χ3n) is 4.84. The summed E-state index contributed by atoms with van der Waals surface area (Å²) in [7, 11) is -3.85. The molecule has 0 spiro atoms. The van der Waals surface area contributed by atoms with E-state index in [1.165, 1.54) is 16.4 Å². The molecule has 0 amide bonds. The number of ether oxygens (including phenoxy) is 2. The van der Waals surface area contributed by atoms with Gasteiger partial charge in [0, 0.05) is 31.5 Å². The number of morpholine rings is 1. The second-order valence-electron chi connectivity index (χ2n) is 6.85. The van der Waals surface area contributed by atoms with E-state index in [9.17, 15) is 18.5 Å². The van der Waals surface area contributed by atoms with Crippen LogP contribution in [0.2, 0.25) is 0 Å². The Hall–Kier alpha value is -3.02. The Bertz CT molecular complexity index is 1200. The Balaban J connectivity index is 1.58. The minimum atomic E-state index is -3.85. The van der Waals surface area contributed by atoms with E-state index >= 15 is 0 Å². The van der Waals surface area contributed by atoms with Crippen LogP contribution >= 0.6 is 0 Å². The highest BCUT2D eigenvalue weighted by Crippen LogP contribution is 2.31. The summed E-state index contributed by atoms with van der Waals surface area (Å²) in [5, 5.41) is 11.6. The van der Waals surface area contributed by atoms with Gasteiger partial charge >= 0.3 is 5.69 Å². The average molecular weight is 432 g/mol. The molecule has 1 saturated heterocycles. The van der Waals surface area contributed by atoms with Crippen LogP contribution in [0, 0.1) is 17.0 Å². The van der Waals surface area contributed by atoms with Gasteiger partial charge in [-0.15, -0.1) is 0 Å². The van der Waals surface area contributed by atoms with Gasteiger partial charge in [0.2, 0.25) is 10.0 Å². The number of hydrogen-bond acceptors (Lipinski definition) is 7. The molecule has 4 rings (SSSR count). The van der Waals surface area contributed by atoms with Crippen molar-refractivity contribution in [3.8, 4) is 5.75 Å². The zero-order valence-electron chi connectivity index (χ0n) is 16.2. The monoisotopic (exact) mass is 432 g/mol. The lowest BCUT2D eigenvalue weighted by atomic mass is 10.3. The van der Waals surface area contributed by atoms with E-state index in [0.717, 1.165) is 17.3 Å². The third-order valence-corrected chi connectivity index (χ3v) is 6.73. The topological polar surface area (TPSA) is 116 Å². The summed E-state index contributed by atoms with van der Waals surface area (Å²) < 4.78 is 39.5. The van der Waals surface area contributed by atoms with Gasteiger partial charge in [-0.3, -0.25) is 10.1 Å². The highest BCUT2D eigenvalue weighted by atomic mass is 32.2. The van der Waals surface area contributed by atoms with E-state index in [1.54, 1.807) is 6.20 Å². The number of rotatable bonds is 6. The molecule has 0 N–H and O–H groups in total. The molecule has 0 unspecified atom stereocenters. The summed E-state index contributed by atoms with van der Waals surface area (Å²) in [4.78, 5) is 15.2. The van der Waals surface area contributed by atoms with E-state index in [0.29, 0.717) is 18.9 Å². The van der Waals surface area contributed by atoms with Crippen LogP contribution in [-0.2, 0) is 21.4 Å². The molecule has 3 aromatic rings. The molecule has 0 saturated carbocycles. The predicted molar refractivity (Wildman–Crippen MR) is 107 cm³/mol. The van der Waals surface area contributed by atoms with Crippen molar-refractivity contribution in [1.82, 2.24) is 13.7 Å². The fourth-order valence-electron chi connectivity index (χ4n) is 3.28. The Labute approximate surface area is 172 Å². The first-order valence-corrected chi connectivity index (χ1v) is 10.7. The Morgan fingerprint density at radius 2 is 2.03 bits per heavy atom. The number of aryl methyl sites for hydroxylation is 1. The fraction of sp³-hybridized carbons (Fsp3) is 0.316. The summed E-state index contributed by atoms with van der Waals surface area (Å²) in [6.07, 6.45) is 3.64. The quantitative estimate of drug-likeness (QED) is 0.433. The molecule has 2 aromatic heterocycles. The van der Waals surface area contributed by atoms with E-state index in [2.05, 4.69) is 4.98 Å². The van der Waals surface area contributed by atoms with Crippen molar-refractivity contribution in [3.63, 3.8) is 0 Å². The third kappa shape index (κ3) is 3.86. The number of benzene rings is 1. The first kappa shape index (κ1) is 20.3. The zero-order chi connectivity index (χ0) is 21.3. The number of nitrogens with zero attached hydrogens (tertiary/aromatic N) is 4. The normalized spacial score (nSPS) is 15.4. The molecular formula is C19H20N4O6S. The van der Waals surface area contributed by atoms with Crippen molar-refractivity contribution in [3.05, 3.63) is 64.1 Å². The fourth-order valence-corrected chi connectivity index (χ4v) is 4.71. The lowest BCUT2D eigenvalue weighted by Crippen LogP contribution is -2.40. The van der Waals surface area contributed by atoms with Crippen LogP contribution in [0.25, 0.3) is 5.65 Å². The van der Waals surface area contributed by atoms with E-state index in [-0.39, 0.29) is 30.3 Å². The largest absolute Gasteiger partial charge is 0.480 e. The number of nitro benzene ring substituents is 1. The molecular weight excluding hydrogens is 412 g/mol. The van der Waals surface area contributed by atoms with Crippen molar-refractivity contribution in [2.45, 2.75) is 18.4 Å². The number of fused-ring (bicyclic) bond motifs is 1. The van der Waals surface area contributed by atoms with Crippen molar-refractivity contribution in [2.75, 3.05) is 26.3 Å².